The number of aromatic nitrogens is 2. The van der Waals surface area contributed by atoms with Gasteiger partial charge in [0.1, 0.15) is 5.82 Å². The van der Waals surface area contributed by atoms with Crippen molar-refractivity contribution in [2.24, 2.45) is 0 Å². The lowest BCUT2D eigenvalue weighted by Gasteiger charge is -2.22. The fraction of sp³-hybridized carbons (Fsp3) is 0.733. The van der Waals surface area contributed by atoms with Crippen molar-refractivity contribution in [3.05, 3.63) is 23.3 Å². The summed E-state index contributed by atoms with van der Waals surface area (Å²) in [4.78, 5) is 9.23. The van der Waals surface area contributed by atoms with E-state index in [9.17, 15) is 0 Å². The first-order valence-electron chi connectivity index (χ1n) is 7.48. The number of hydrogen-bond acceptors (Lipinski definition) is 4. The van der Waals surface area contributed by atoms with Crippen LogP contribution in [0.25, 0.3) is 0 Å². The fourth-order valence-corrected chi connectivity index (χ4v) is 2.59. The minimum Gasteiger partial charge on any atom is -0.378 e. The SMILES string of the molecule is Cc1cc(CNC2CC2)nc(CC2CCCCO2)n1. The summed E-state index contributed by atoms with van der Waals surface area (Å²) in [6.07, 6.45) is 7.42. The Morgan fingerprint density at radius 1 is 1.26 bits per heavy atom. The van der Waals surface area contributed by atoms with E-state index in [4.69, 9.17) is 4.74 Å². The van der Waals surface area contributed by atoms with Crippen LogP contribution in [-0.4, -0.2) is 28.7 Å². The van der Waals surface area contributed by atoms with Gasteiger partial charge in [-0.15, -0.1) is 0 Å². The molecule has 2 aliphatic rings. The minimum atomic E-state index is 0.319. The van der Waals surface area contributed by atoms with Crippen molar-refractivity contribution in [2.75, 3.05) is 6.61 Å². The molecule has 2 fully saturated rings. The van der Waals surface area contributed by atoms with Gasteiger partial charge in [0.15, 0.2) is 0 Å². The van der Waals surface area contributed by atoms with Gasteiger partial charge >= 0.3 is 0 Å². The van der Waals surface area contributed by atoms with Crippen LogP contribution in [0.3, 0.4) is 0 Å². The van der Waals surface area contributed by atoms with Crippen LogP contribution < -0.4 is 5.32 Å². The predicted molar refractivity (Wildman–Crippen MR) is 73.9 cm³/mol. The third kappa shape index (κ3) is 3.98. The molecule has 0 spiro atoms. The zero-order valence-corrected chi connectivity index (χ0v) is 11.7. The Balaban J connectivity index is 1.62. The third-order valence-electron chi connectivity index (χ3n) is 3.79. The van der Waals surface area contributed by atoms with E-state index >= 15 is 0 Å². The summed E-state index contributed by atoms with van der Waals surface area (Å²) in [7, 11) is 0. The van der Waals surface area contributed by atoms with E-state index in [0.717, 1.165) is 49.2 Å². The Hall–Kier alpha value is -1.00. The van der Waals surface area contributed by atoms with Crippen LogP contribution in [0.1, 0.15) is 49.3 Å². The lowest BCUT2D eigenvalue weighted by atomic mass is 10.1. The number of ether oxygens (including phenoxy) is 1. The summed E-state index contributed by atoms with van der Waals surface area (Å²) < 4.78 is 5.77. The summed E-state index contributed by atoms with van der Waals surface area (Å²) in [5.74, 6) is 0.944. The van der Waals surface area contributed by atoms with Gasteiger partial charge in [0.2, 0.25) is 0 Å². The highest BCUT2D eigenvalue weighted by molar-refractivity contribution is 5.11. The topological polar surface area (TPSA) is 47.0 Å². The highest BCUT2D eigenvalue weighted by atomic mass is 16.5. The zero-order chi connectivity index (χ0) is 13.1. The average molecular weight is 261 g/mol. The van der Waals surface area contributed by atoms with Gasteiger partial charge < -0.3 is 10.1 Å². The summed E-state index contributed by atoms with van der Waals surface area (Å²) in [6, 6.07) is 2.81. The van der Waals surface area contributed by atoms with Gasteiger partial charge in [-0.25, -0.2) is 9.97 Å². The standard InChI is InChI=1S/C15H23N3O/c1-11-8-13(10-16-12-5-6-12)18-15(17-11)9-14-4-2-3-7-19-14/h8,12,14,16H,2-7,9-10H2,1H3. The lowest BCUT2D eigenvalue weighted by Crippen LogP contribution is -2.23. The van der Waals surface area contributed by atoms with Crippen molar-refractivity contribution in [1.29, 1.82) is 0 Å². The molecule has 1 saturated carbocycles. The van der Waals surface area contributed by atoms with Crippen LogP contribution in [0.5, 0.6) is 0 Å². The Labute approximate surface area is 115 Å². The van der Waals surface area contributed by atoms with Crippen LogP contribution in [0.2, 0.25) is 0 Å². The molecule has 0 bridgehead atoms. The van der Waals surface area contributed by atoms with E-state index in [-0.39, 0.29) is 0 Å². The highest BCUT2D eigenvalue weighted by Crippen LogP contribution is 2.19. The monoisotopic (exact) mass is 261 g/mol. The van der Waals surface area contributed by atoms with Crippen LogP contribution >= 0.6 is 0 Å². The van der Waals surface area contributed by atoms with E-state index in [1.807, 2.05) is 6.92 Å². The summed E-state index contributed by atoms with van der Waals surface area (Å²) >= 11 is 0. The molecule has 19 heavy (non-hydrogen) atoms. The Morgan fingerprint density at radius 2 is 2.16 bits per heavy atom. The molecule has 1 saturated heterocycles. The predicted octanol–water partition coefficient (Wildman–Crippen LogP) is 2.15. The Bertz CT molecular complexity index is 425. The summed E-state index contributed by atoms with van der Waals surface area (Å²) in [5.41, 5.74) is 2.18. The number of nitrogens with one attached hydrogen (secondary N) is 1. The van der Waals surface area contributed by atoms with Crippen LogP contribution in [0, 0.1) is 6.92 Å². The van der Waals surface area contributed by atoms with Gasteiger partial charge in [-0.1, -0.05) is 0 Å². The molecule has 1 unspecified atom stereocenters. The van der Waals surface area contributed by atoms with E-state index in [1.54, 1.807) is 0 Å². The second kappa shape index (κ2) is 5.97. The number of aryl methyl sites for hydroxylation is 1. The third-order valence-corrected chi connectivity index (χ3v) is 3.79. The molecule has 1 aromatic rings. The highest BCUT2D eigenvalue weighted by Gasteiger charge is 2.21. The largest absolute Gasteiger partial charge is 0.378 e. The maximum absolute atomic E-state index is 5.77. The molecule has 4 heteroatoms. The maximum Gasteiger partial charge on any atom is 0.131 e. The molecule has 0 amide bonds. The molecule has 1 atom stereocenters. The molecule has 3 rings (SSSR count). The molecule has 104 valence electrons. The molecular formula is C15H23N3O. The molecule has 4 nitrogen and oxygen atoms in total. The fourth-order valence-electron chi connectivity index (χ4n) is 2.59. The van der Waals surface area contributed by atoms with E-state index in [0.29, 0.717) is 6.10 Å². The van der Waals surface area contributed by atoms with Gasteiger partial charge in [0.05, 0.1) is 11.8 Å². The van der Waals surface area contributed by atoms with Crippen LogP contribution in [-0.2, 0) is 17.7 Å². The van der Waals surface area contributed by atoms with Crippen molar-refractivity contribution in [3.8, 4) is 0 Å². The average Bonchev–Trinajstić information content (AvgIpc) is 3.21. The van der Waals surface area contributed by atoms with Crippen LogP contribution in [0.4, 0.5) is 0 Å². The molecule has 1 aliphatic heterocycles. The first-order chi connectivity index (χ1) is 9.29. The Morgan fingerprint density at radius 3 is 2.89 bits per heavy atom. The lowest BCUT2D eigenvalue weighted by molar-refractivity contribution is 0.0156. The molecule has 0 radical (unpaired) electrons. The number of hydrogen-bond donors (Lipinski definition) is 1. The number of nitrogens with zero attached hydrogens (tertiary/aromatic N) is 2. The van der Waals surface area contributed by atoms with Crippen molar-refractivity contribution in [3.63, 3.8) is 0 Å². The van der Waals surface area contributed by atoms with Gasteiger partial charge in [0.25, 0.3) is 0 Å². The minimum absolute atomic E-state index is 0.319. The summed E-state index contributed by atoms with van der Waals surface area (Å²) in [6.45, 7) is 3.81. The van der Waals surface area contributed by atoms with Crippen molar-refractivity contribution < 1.29 is 4.74 Å². The quantitative estimate of drug-likeness (QED) is 0.882. The van der Waals surface area contributed by atoms with Crippen molar-refractivity contribution in [2.45, 2.75) is 64.1 Å². The second-order valence-corrected chi connectivity index (χ2v) is 5.76. The van der Waals surface area contributed by atoms with E-state index in [2.05, 4.69) is 21.4 Å². The second-order valence-electron chi connectivity index (χ2n) is 5.76. The zero-order valence-electron chi connectivity index (χ0n) is 11.7. The van der Waals surface area contributed by atoms with E-state index < -0.39 is 0 Å². The van der Waals surface area contributed by atoms with Gasteiger partial charge in [-0.05, 0) is 45.1 Å². The molecule has 0 aromatic carbocycles. The van der Waals surface area contributed by atoms with Gasteiger partial charge in [0, 0.05) is 31.3 Å². The molecule has 1 aromatic heterocycles. The molecule has 1 N–H and O–H groups in total. The molecular weight excluding hydrogens is 238 g/mol. The molecule has 2 heterocycles. The smallest absolute Gasteiger partial charge is 0.131 e. The van der Waals surface area contributed by atoms with Gasteiger partial charge in [-0.3, -0.25) is 0 Å². The maximum atomic E-state index is 5.77. The van der Waals surface area contributed by atoms with Crippen molar-refractivity contribution in [1.82, 2.24) is 15.3 Å². The summed E-state index contributed by atoms with van der Waals surface area (Å²) in [5, 5.41) is 3.51. The van der Waals surface area contributed by atoms with Gasteiger partial charge in [-0.2, -0.15) is 0 Å². The van der Waals surface area contributed by atoms with Crippen molar-refractivity contribution >= 4 is 0 Å². The van der Waals surface area contributed by atoms with Crippen LogP contribution in [0.15, 0.2) is 6.07 Å². The first kappa shape index (κ1) is 13.0. The van der Waals surface area contributed by atoms with E-state index in [1.165, 1.54) is 25.7 Å². The Kier molecular flexibility index (Phi) is 4.09. The molecule has 1 aliphatic carbocycles. The normalized spacial score (nSPS) is 23.5. The first-order valence-corrected chi connectivity index (χ1v) is 7.48. The number of rotatable bonds is 5.